The van der Waals surface area contributed by atoms with Gasteiger partial charge in [0.1, 0.15) is 54.3 Å². The van der Waals surface area contributed by atoms with E-state index in [0.717, 1.165) is 44.0 Å². The number of hydrogen-bond donors (Lipinski definition) is 11. The molecule has 4 amide bonds. The average Bonchev–Trinajstić information content (AvgIpc) is 1.60. The minimum absolute atomic E-state index is 0.0135. The third kappa shape index (κ3) is 25.1. The van der Waals surface area contributed by atoms with Gasteiger partial charge >= 0.3 is 5.97 Å². The minimum Gasteiger partial charge on any atom is -0.459 e. The molecule has 6 aliphatic rings. The number of nitrogens with one attached hydrogen (secondary N) is 2. The summed E-state index contributed by atoms with van der Waals surface area (Å²) in [6.45, 7) is 14.1. The second kappa shape index (κ2) is 45.6. The van der Waals surface area contributed by atoms with Gasteiger partial charge in [0.05, 0.1) is 79.3 Å². The van der Waals surface area contributed by atoms with Crippen LogP contribution >= 0.6 is 24.4 Å². The van der Waals surface area contributed by atoms with Gasteiger partial charge in [-0.05, 0) is 153 Å². The molecule has 10 heterocycles. The molecule has 131 heavy (non-hydrogen) atoms. The van der Waals surface area contributed by atoms with Crippen molar-refractivity contribution in [3.8, 4) is 11.3 Å². The number of methoxy groups -OCH3 is 2. The number of rotatable bonds is 40. The molecule has 0 unspecified atom stereocenters. The van der Waals surface area contributed by atoms with Crippen LogP contribution in [-0.2, 0) is 84.9 Å². The van der Waals surface area contributed by atoms with Crippen molar-refractivity contribution >= 4 is 111 Å². The number of esters is 1. The smallest absolute Gasteiger partial charge is 0.329 e. The Bertz CT molecular complexity index is 5250. The Labute approximate surface area is 771 Å². The number of ketones is 1. The zero-order valence-corrected chi connectivity index (χ0v) is 77.2. The van der Waals surface area contributed by atoms with E-state index in [4.69, 9.17) is 70.5 Å². The van der Waals surface area contributed by atoms with Crippen LogP contribution in [0.3, 0.4) is 0 Å². The van der Waals surface area contributed by atoms with Crippen molar-refractivity contribution in [1.29, 1.82) is 5.41 Å². The number of amides is 4. The number of nitrogen functional groups attached to an aromatic ring is 2. The van der Waals surface area contributed by atoms with Gasteiger partial charge in [0, 0.05) is 153 Å². The van der Waals surface area contributed by atoms with E-state index >= 15 is 0 Å². The van der Waals surface area contributed by atoms with Crippen molar-refractivity contribution < 1.29 is 87.1 Å². The first kappa shape index (κ1) is 98.5. The Morgan fingerprint density at radius 1 is 0.794 bits per heavy atom. The van der Waals surface area contributed by atoms with E-state index in [0.29, 0.717) is 186 Å². The molecule has 15 atom stereocenters. The average molecular weight is 1850 g/mol. The number of Topliss-reactive ketones (excluding diaryl/α,β-unsaturated/α-hetero) is 1. The largest absolute Gasteiger partial charge is 0.459 e. The Balaban J connectivity index is 0.494. The number of aliphatic hydroxyl groups is 5. The number of fused-ring (bicyclic) bond motifs is 4. The SMILES string of the molecule is CO[C@@H](C[C@@H]1CCC[C@](O)(C(=O)C(=O)N2CCCC[C@H]2C(=O)O[C@@H](C[C@@H](O)[C@H](C)/C=C(\C)[C@@H](O)[C@@H](O)C(=N)[C@H](C)C[C@H](C)S)[C@H](N)C[C@@H]2CC[C@@H](O)[C@H](OC)C2)O1)/C(C)=C/C=C/SCOCC(=O)N1CCc2nc(N3CCN(c4ncc(C(=O)NCCOCCC(=O)N5CCc6cc(Cn7nc(-c8ccc9oc(N)nc9c8)c8c(N)ncnc87)ccc6C5)cn4)CC3)ncc2C1. The molecule has 2 aromatic carbocycles. The number of nitrogens with two attached hydrogens (primary N) is 3. The van der Waals surface area contributed by atoms with E-state index < -0.39 is 90.3 Å². The van der Waals surface area contributed by atoms with Crippen LogP contribution in [0.25, 0.3) is 33.4 Å². The zero-order chi connectivity index (χ0) is 93.3. The van der Waals surface area contributed by atoms with Gasteiger partial charge in [-0.1, -0.05) is 57.2 Å². The standard InChI is InChI=1S/C92H125N19O18S2/c1-53(73(123-6)42-65-13-10-24-92(122,129-65)83(118)87(120)110-26-9-8-14-69(110)88(121)127-74(66(93)39-58-16-19-70(112)75(40-58)124-7)43-71(113)54(2)36-56(4)81(116)82(117)79(94)55(3)37-57(5)130)12-11-35-131-52-126-50-77(115)109-28-22-67-64(49-109)46-100-91(104-67)107-31-29-106(30-32-107)90-98-44-63(45-99-90)86(119)97-25-34-125-33-23-76(114)108-27-21-60-38-59(15-17-62(60)48-108)47-111-85-78(84(95)101-51-102-85)80(105-111)61-18-20-72-68(41-61)103-89(96)128-72/h11-12,15,17-18,20,35-36,38,41,44-46,51,54-55,57-58,65-66,69-71,73-75,81-82,94,112-113,116-117,122,130H,8-10,13-14,16,19,21-34,37,39-40,42-43,47-50,52,93H2,1-7H3,(H2,96,103)(H,97,119)(H2,95,101,102)/b35-11+,53-12+,56-36+,94-79?/t54-,55-,57+,58+,65+,66-,69+,70-,71-,73+,74+,75-,81-,82+,92-/m1/s1. The first-order chi connectivity index (χ1) is 62.9. The molecule has 0 spiro atoms. The third-order valence-electron chi connectivity index (χ3n) is 25.8. The van der Waals surface area contributed by atoms with Gasteiger partial charge in [-0.2, -0.15) is 22.7 Å². The molecule has 5 aliphatic heterocycles. The summed E-state index contributed by atoms with van der Waals surface area (Å²) in [4.78, 5) is 124. The van der Waals surface area contributed by atoms with Gasteiger partial charge in [0.15, 0.2) is 11.2 Å². The number of hydrogen-bond acceptors (Lipinski definition) is 34. The van der Waals surface area contributed by atoms with E-state index in [2.05, 4.69) is 59.9 Å². The van der Waals surface area contributed by atoms with Crippen molar-refractivity contribution in [3.05, 3.63) is 130 Å². The lowest BCUT2D eigenvalue weighted by Gasteiger charge is -2.40. The van der Waals surface area contributed by atoms with Gasteiger partial charge in [-0.3, -0.25) is 24.0 Å². The predicted molar refractivity (Wildman–Crippen MR) is 494 cm³/mol. The molecular weight excluding hydrogens is 1720 g/mol. The zero-order valence-electron chi connectivity index (χ0n) is 75.5. The Kier molecular flexibility index (Phi) is 34.3. The lowest BCUT2D eigenvalue weighted by atomic mass is 9.80. The highest BCUT2D eigenvalue weighted by molar-refractivity contribution is 8.02. The van der Waals surface area contributed by atoms with Crippen molar-refractivity contribution in [2.75, 3.05) is 114 Å². The molecule has 13 N–H and O–H groups in total. The molecule has 1 aliphatic carbocycles. The van der Waals surface area contributed by atoms with Crippen LogP contribution in [0.2, 0.25) is 0 Å². The van der Waals surface area contributed by atoms with E-state index in [1.54, 1.807) is 51.1 Å². The van der Waals surface area contributed by atoms with Crippen LogP contribution in [0.15, 0.2) is 101 Å². The number of likely N-dealkylation sites (tertiary alicyclic amines) is 1. The molecule has 3 saturated heterocycles. The molecule has 5 aromatic heterocycles. The molecule has 37 nitrogen and oxygen atoms in total. The van der Waals surface area contributed by atoms with Crippen LogP contribution < -0.4 is 32.3 Å². The second-order valence-corrected chi connectivity index (χ2v) is 37.0. The molecule has 13 rings (SSSR count). The Hall–Kier alpha value is -10.0. The number of piperidine rings is 1. The number of thiol groups is 1. The molecule has 1 saturated carbocycles. The van der Waals surface area contributed by atoms with Crippen LogP contribution in [0.1, 0.15) is 163 Å². The van der Waals surface area contributed by atoms with E-state index in [1.165, 1.54) is 37.6 Å². The highest BCUT2D eigenvalue weighted by Crippen LogP contribution is 2.38. The highest BCUT2D eigenvalue weighted by atomic mass is 32.2. The van der Waals surface area contributed by atoms with Crippen LogP contribution in [-0.4, -0.2) is 290 Å². The molecule has 708 valence electrons. The summed E-state index contributed by atoms with van der Waals surface area (Å²) < 4.78 is 42.7. The number of ether oxygens (including phenoxy) is 6. The normalized spacial score (nSPS) is 22.1. The van der Waals surface area contributed by atoms with Gasteiger partial charge in [-0.25, -0.2) is 39.4 Å². The fourth-order valence-corrected chi connectivity index (χ4v) is 19.0. The van der Waals surface area contributed by atoms with Crippen molar-refractivity contribution in [2.45, 2.75) is 229 Å². The molecule has 39 heteroatoms. The van der Waals surface area contributed by atoms with Crippen molar-refractivity contribution in [3.63, 3.8) is 0 Å². The number of benzene rings is 2. The van der Waals surface area contributed by atoms with E-state index in [-0.39, 0.29) is 117 Å². The van der Waals surface area contributed by atoms with Crippen LogP contribution in [0.4, 0.5) is 23.7 Å². The summed E-state index contributed by atoms with van der Waals surface area (Å²) in [7, 11) is 3.07. The lowest BCUT2D eigenvalue weighted by Crippen LogP contribution is -2.58. The number of nitrogens with zero attached hydrogens (tertiary/aromatic N) is 14. The number of anilines is 4. The highest BCUT2D eigenvalue weighted by Gasteiger charge is 2.50. The first-order valence-corrected chi connectivity index (χ1v) is 46.8. The number of aliphatic hydroxyl groups excluding tert-OH is 4. The lowest BCUT2D eigenvalue weighted by molar-refractivity contribution is -0.245. The number of allylic oxidation sites excluding steroid dienone is 2. The fraction of sp³-hybridized carbons (Fsp3) is 0.576. The molecule has 0 radical (unpaired) electrons. The summed E-state index contributed by atoms with van der Waals surface area (Å²) in [6.07, 6.45) is 9.78. The third-order valence-corrected chi connectivity index (χ3v) is 26.7. The molecule has 4 fully saturated rings. The predicted octanol–water partition coefficient (Wildman–Crippen LogP) is 6.36. The van der Waals surface area contributed by atoms with Gasteiger partial charge in [0.2, 0.25) is 29.5 Å². The van der Waals surface area contributed by atoms with Crippen LogP contribution in [0, 0.1) is 23.2 Å². The van der Waals surface area contributed by atoms with Crippen molar-refractivity contribution in [1.82, 2.24) is 64.7 Å². The maximum Gasteiger partial charge on any atom is 0.329 e. The summed E-state index contributed by atoms with van der Waals surface area (Å²) in [5.41, 5.74) is 28.7. The quantitative estimate of drug-likeness (QED) is 0.00290. The Morgan fingerprint density at radius 2 is 1.54 bits per heavy atom. The number of aromatic nitrogens is 9. The van der Waals surface area contributed by atoms with E-state index in [1.807, 2.05) is 64.1 Å². The monoisotopic (exact) mass is 1850 g/mol. The van der Waals surface area contributed by atoms with E-state index in [9.17, 15) is 54.3 Å². The second-order valence-electron chi connectivity index (χ2n) is 35.3. The van der Waals surface area contributed by atoms with Gasteiger partial charge in [-0.15, -0.1) is 11.8 Å². The molecular formula is C92H125N19O18S2. The van der Waals surface area contributed by atoms with Crippen molar-refractivity contribution in [2.24, 2.45) is 23.5 Å². The Morgan fingerprint density at radius 3 is 2.31 bits per heavy atom. The summed E-state index contributed by atoms with van der Waals surface area (Å²) in [5, 5.41) is 75.2. The first-order valence-electron chi connectivity index (χ1n) is 45.2. The van der Waals surface area contributed by atoms with Gasteiger partial charge < -0.3 is 111 Å². The summed E-state index contributed by atoms with van der Waals surface area (Å²) >= 11 is 5.77. The molecule has 7 aromatic rings. The van der Waals surface area contributed by atoms with Crippen LogP contribution in [0.5, 0.6) is 0 Å². The number of carbonyl (C=O) groups is 6. The minimum atomic E-state index is -2.50. The number of carbonyl (C=O) groups excluding carboxylic acids is 6. The number of thioether (sulfide) groups is 1. The number of piperazine rings is 1. The fourth-order valence-electron chi connectivity index (χ4n) is 18.2. The van der Waals surface area contributed by atoms with Gasteiger partial charge in [0.25, 0.3) is 23.6 Å². The summed E-state index contributed by atoms with van der Waals surface area (Å²) in [5.74, 6) is -5.57. The topological polar surface area (TPSA) is 510 Å². The number of oxazole rings is 1. The summed E-state index contributed by atoms with van der Waals surface area (Å²) in [6, 6.07) is 9.77. The molecule has 0 bridgehead atoms. The maximum absolute atomic E-state index is 14.5. The maximum atomic E-state index is 14.5.